The predicted octanol–water partition coefficient (Wildman–Crippen LogP) is 1.97. The van der Waals surface area contributed by atoms with Crippen LogP contribution in [0.2, 0.25) is 0 Å². The zero-order valence-corrected chi connectivity index (χ0v) is 7.10. The zero-order valence-electron chi connectivity index (χ0n) is 7.10. The lowest BCUT2D eigenvalue weighted by Gasteiger charge is -2.16. The van der Waals surface area contributed by atoms with Gasteiger partial charge in [-0.1, -0.05) is 20.8 Å². The monoisotopic (exact) mass is 147 g/mol. The van der Waals surface area contributed by atoms with Crippen LogP contribution in [0.1, 0.15) is 27.2 Å². The van der Waals surface area contributed by atoms with Crippen LogP contribution in [0.5, 0.6) is 0 Å². The van der Waals surface area contributed by atoms with Crippen molar-refractivity contribution in [3.05, 3.63) is 0 Å². The molecule has 0 fully saturated rings. The van der Waals surface area contributed by atoms with E-state index in [1.807, 2.05) is 6.92 Å². The van der Waals surface area contributed by atoms with Gasteiger partial charge >= 0.3 is 0 Å². The molecule has 0 radical (unpaired) electrons. The number of nitrogens with two attached hydrogens (primary N) is 1. The molecule has 2 unspecified atom stereocenters. The summed E-state index contributed by atoms with van der Waals surface area (Å²) in [7, 11) is 0. The molecule has 10 heavy (non-hydrogen) atoms. The van der Waals surface area contributed by atoms with Crippen molar-refractivity contribution in [1.82, 2.24) is 0 Å². The van der Waals surface area contributed by atoms with Crippen molar-refractivity contribution in [3.63, 3.8) is 0 Å². The van der Waals surface area contributed by atoms with E-state index in [0.717, 1.165) is 6.42 Å². The standard InChI is InChI=1S/C8H18FN/c1-6(2)4-7(3)8(9)5-10/h6-8H,4-5,10H2,1-3H3. The van der Waals surface area contributed by atoms with E-state index in [1.165, 1.54) is 0 Å². The molecule has 0 aliphatic rings. The molecule has 0 saturated carbocycles. The summed E-state index contributed by atoms with van der Waals surface area (Å²) in [6, 6.07) is 0. The number of rotatable bonds is 4. The van der Waals surface area contributed by atoms with Crippen LogP contribution in [0.3, 0.4) is 0 Å². The summed E-state index contributed by atoms with van der Waals surface area (Å²) in [6.45, 7) is 6.27. The molecule has 2 atom stereocenters. The van der Waals surface area contributed by atoms with E-state index in [4.69, 9.17) is 5.73 Å². The fraction of sp³-hybridized carbons (Fsp3) is 1.00. The Balaban J connectivity index is 3.50. The quantitative estimate of drug-likeness (QED) is 0.646. The van der Waals surface area contributed by atoms with Crippen LogP contribution in [0.15, 0.2) is 0 Å². The van der Waals surface area contributed by atoms with E-state index in [0.29, 0.717) is 5.92 Å². The van der Waals surface area contributed by atoms with Crippen molar-refractivity contribution in [1.29, 1.82) is 0 Å². The van der Waals surface area contributed by atoms with E-state index in [2.05, 4.69) is 13.8 Å². The van der Waals surface area contributed by atoms with Gasteiger partial charge in [-0.3, -0.25) is 0 Å². The molecule has 0 aliphatic heterocycles. The van der Waals surface area contributed by atoms with E-state index in [1.54, 1.807) is 0 Å². The van der Waals surface area contributed by atoms with E-state index in [-0.39, 0.29) is 12.5 Å². The van der Waals surface area contributed by atoms with Gasteiger partial charge in [0.1, 0.15) is 6.17 Å². The Bertz CT molecular complexity index is 83.3. The molecule has 0 aromatic heterocycles. The summed E-state index contributed by atoms with van der Waals surface area (Å²) in [6.07, 6.45) is 0.112. The van der Waals surface area contributed by atoms with Gasteiger partial charge in [0, 0.05) is 6.54 Å². The average Bonchev–Trinajstić information content (AvgIpc) is 1.85. The second-order valence-corrected chi connectivity index (χ2v) is 3.36. The van der Waals surface area contributed by atoms with E-state index >= 15 is 0 Å². The Kier molecular flexibility index (Phi) is 4.62. The first-order valence-electron chi connectivity index (χ1n) is 3.92. The maximum absolute atomic E-state index is 12.8. The molecule has 0 amide bonds. The van der Waals surface area contributed by atoms with E-state index in [9.17, 15) is 4.39 Å². The van der Waals surface area contributed by atoms with Gasteiger partial charge in [0.2, 0.25) is 0 Å². The predicted molar refractivity (Wildman–Crippen MR) is 42.6 cm³/mol. The van der Waals surface area contributed by atoms with Gasteiger partial charge in [-0.2, -0.15) is 0 Å². The smallest absolute Gasteiger partial charge is 0.115 e. The molecule has 0 rings (SSSR count). The summed E-state index contributed by atoms with van der Waals surface area (Å²) in [4.78, 5) is 0. The highest BCUT2D eigenvalue weighted by Crippen LogP contribution is 2.16. The first-order chi connectivity index (χ1) is 4.57. The fourth-order valence-electron chi connectivity index (χ4n) is 1.12. The molecule has 62 valence electrons. The van der Waals surface area contributed by atoms with Gasteiger partial charge in [0.05, 0.1) is 0 Å². The number of hydrogen-bond acceptors (Lipinski definition) is 1. The van der Waals surface area contributed by atoms with Crippen molar-refractivity contribution in [3.8, 4) is 0 Å². The molecule has 0 saturated heterocycles. The topological polar surface area (TPSA) is 26.0 Å². The lowest BCUT2D eigenvalue weighted by atomic mass is 9.95. The molecule has 0 aromatic rings. The molecule has 0 spiro atoms. The number of alkyl halides is 1. The van der Waals surface area contributed by atoms with Crippen LogP contribution in [0.4, 0.5) is 4.39 Å². The maximum Gasteiger partial charge on any atom is 0.115 e. The van der Waals surface area contributed by atoms with Crippen LogP contribution in [-0.2, 0) is 0 Å². The third-order valence-corrected chi connectivity index (χ3v) is 1.69. The van der Waals surface area contributed by atoms with Crippen molar-refractivity contribution in [2.24, 2.45) is 17.6 Å². The van der Waals surface area contributed by atoms with Crippen LogP contribution in [0.25, 0.3) is 0 Å². The van der Waals surface area contributed by atoms with Gasteiger partial charge in [-0.05, 0) is 18.3 Å². The number of hydrogen-bond donors (Lipinski definition) is 1. The SMILES string of the molecule is CC(C)CC(C)C(F)CN. The van der Waals surface area contributed by atoms with Crippen LogP contribution in [-0.4, -0.2) is 12.7 Å². The first-order valence-corrected chi connectivity index (χ1v) is 3.92. The van der Waals surface area contributed by atoms with Gasteiger partial charge in [-0.25, -0.2) is 4.39 Å². The van der Waals surface area contributed by atoms with Gasteiger partial charge in [0.25, 0.3) is 0 Å². The normalized spacial score (nSPS) is 17.4. The highest BCUT2D eigenvalue weighted by Gasteiger charge is 2.14. The molecular formula is C8H18FN. The number of halogens is 1. The fourth-order valence-corrected chi connectivity index (χ4v) is 1.12. The lowest BCUT2D eigenvalue weighted by molar-refractivity contribution is 0.222. The van der Waals surface area contributed by atoms with Crippen molar-refractivity contribution in [2.45, 2.75) is 33.4 Å². The highest BCUT2D eigenvalue weighted by molar-refractivity contribution is 4.66. The van der Waals surface area contributed by atoms with Crippen molar-refractivity contribution in [2.75, 3.05) is 6.54 Å². The first kappa shape index (κ1) is 9.89. The van der Waals surface area contributed by atoms with Gasteiger partial charge in [-0.15, -0.1) is 0 Å². The molecule has 0 aliphatic carbocycles. The molecule has 1 nitrogen and oxygen atoms in total. The summed E-state index contributed by atoms with van der Waals surface area (Å²) < 4.78 is 12.8. The summed E-state index contributed by atoms with van der Waals surface area (Å²) in [5.41, 5.74) is 5.17. The minimum Gasteiger partial charge on any atom is -0.328 e. The summed E-state index contributed by atoms with van der Waals surface area (Å²) in [5.74, 6) is 0.685. The van der Waals surface area contributed by atoms with Crippen molar-refractivity contribution >= 4 is 0 Å². The zero-order chi connectivity index (χ0) is 8.15. The highest BCUT2D eigenvalue weighted by atomic mass is 19.1. The van der Waals surface area contributed by atoms with Gasteiger partial charge < -0.3 is 5.73 Å². The van der Waals surface area contributed by atoms with Gasteiger partial charge in [0.15, 0.2) is 0 Å². The molecule has 2 heteroatoms. The molecular weight excluding hydrogens is 129 g/mol. The Labute approximate surface area is 62.8 Å². The molecule has 0 heterocycles. The molecule has 2 N–H and O–H groups in total. The Morgan fingerprint density at radius 2 is 1.80 bits per heavy atom. The molecule has 0 bridgehead atoms. The summed E-state index contributed by atoms with van der Waals surface area (Å²) in [5, 5.41) is 0. The second kappa shape index (κ2) is 4.67. The third kappa shape index (κ3) is 3.83. The largest absolute Gasteiger partial charge is 0.328 e. The Hall–Kier alpha value is -0.110. The Morgan fingerprint density at radius 3 is 2.10 bits per heavy atom. The lowest BCUT2D eigenvalue weighted by Crippen LogP contribution is -2.23. The van der Waals surface area contributed by atoms with Crippen LogP contribution < -0.4 is 5.73 Å². The second-order valence-electron chi connectivity index (χ2n) is 3.36. The van der Waals surface area contributed by atoms with Crippen molar-refractivity contribution < 1.29 is 4.39 Å². The molecule has 0 aromatic carbocycles. The average molecular weight is 147 g/mol. The van der Waals surface area contributed by atoms with Crippen LogP contribution >= 0.6 is 0 Å². The van der Waals surface area contributed by atoms with E-state index < -0.39 is 6.17 Å². The Morgan fingerprint density at radius 1 is 1.30 bits per heavy atom. The minimum absolute atomic E-state index is 0.116. The maximum atomic E-state index is 12.8. The van der Waals surface area contributed by atoms with Crippen LogP contribution in [0, 0.1) is 11.8 Å². The third-order valence-electron chi connectivity index (χ3n) is 1.69. The summed E-state index contributed by atoms with van der Waals surface area (Å²) >= 11 is 0. The minimum atomic E-state index is -0.817.